The van der Waals surface area contributed by atoms with Gasteiger partial charge in [-0.05, 0) is 6.07 Å². The first-order valence-corrected chi connectivity index (χ1v) is 4.67. The second kappa shape index (κ2) is 2.96. The van der Waals surface area contributed by atoms with E-state index in [1.165, 1.54) is 0 Å². The number of hydrogen-bond acceptors (Lipinski definition) is 3. The van der Waals surface area contributed by atoms with Crippen LogP contribution < -0.4 is 5.14 Å². The van der Waals surface area contributed by atoms with Crippen LogP contribution in [0.1, 0.15) is 0 Å². The van der Waals surface area contributed by atoms with Crippen LogP contribution in [0.3, 0.4) is 0 Å². The van der Waals surface area contributed by atoms with Crippen molar-refractivity contribution in [2.75, 3.05) is 0 Å². The molecule has 1 rings (SSSR count). The molecule has 1 aromatic rings. The first-order valence-electron chi connectivity index (χ1n) is 2.75. The Kier molecular flexibility index (Phi) is 2.31. The molecule has 0 aliphatic carbocycles. The molecule has 0 spiro atoms. The Morgan fingerprint density at radius 2 is 2.17 bits per heavy atom. The summed E-state index contributed by atoms with van der Waals surface area (Å²) in [6.07, 6.45) is 0.992. The molecule has 0 saturated carbocycles. The van der Waals surface area contributed by atoms with Gasteiger partial charge in [0.15, 0.2) is 0 Å². The fraction of sp³-hybridized carbons (Fsp3) is 0. The Bertz CT molecular complexity index is 406. The largest absolute Gasteiger partial charge is 0.242 e. The minimum Gasteiger partial charge on any atom is -0.226 e. The van der Waals surface area contributed by atoms with E-state index in [9.17, 15) is 12.8 Å². The van der Waals surface area contributed by atoms with E-state index in [1.54, 1.807) is 0 Å². The standard InChI is InChI=1S/C5H4ClFN2O2S/c6-3-1-4(12(8,10)11)5(7)9-2-3/h1-2H,(H2,8,10,11). The fourth-order valence-corrected chi connectivity index (χ4v) is 1.40. The molecule has 0 radical (unpaired) electrons. The summed E-state index contributed by atoms with van der Waals surface area (Å²) in [6.45, 7) is 0. The molecule has 0 atom stereocenters. The summed E-state index contributed by atoms with van der Waals surface area (Å²) >= 11 is 5.37. The molecule has 66 valence electrons. The van der Waals surface area contributed by atoms with E-state index in [0.29, 0.717) is 0 Å². The van der Waals surface area contributed by atoms with Crippen molar-refractivity contribution >= 4 is 21.6 Å². The number of aromatic nitrogens is 1. The lowest BCUT2D eigenvalue weighted by atomic mass is 10.5. The van der Waals surface area contributed by atoms with Gasteiger partial charge in [0, 0.05) is 6.20 Å². The van der Waals surface area contributed by atoms with Crippen molar-refractivity contribution in [3.05, 3.63) is 23.2 Å². The molecular formula is C5H4ClFN2O2S. The molecule has 7 heteroatoms. The zero-order valence-corrected chi connectivity index (χ0v) is 7.23. The highest BCUT2D eigenvalue weighted by Gasteiger charge is 2.15. The quantitative estimate of drug-likeness (QED) is 0.687. The number of halogens is 2. The lowest BCUT2D eigenvalue weighted by Crippen LogP contribution is -2.14. The maximum absolute atomic E-state index is 12.6. The van der Waals surface area contributed by atoms with Crippen molar-refractivity contribution in [3.63, 3.8) is 0 Å². The molecule has 0 aromatic carbocycles. The molecule has 0 fully saturated rings. The third-order valence-corrected chi connectivity index (χ3v) is 2.19. The van der Waals surface area contributed by atoms with Gasteiger partial charge in [-0.15, -0.1) is 0 Å². The van der Waals surface area contributed by atoms with Crippen LogP contribution in [0.5, 0.6) is 0 Å². The molecule has 1 heterocycles. The molecule has 4 nitrogen and oxygen atoms in total. The van der Waals surface area contributed by atoms with E-state index in [4.69, 9.17) is 11.6 Å². The number of hydrogen-bond donors (Lipinski definition) is 1. The van der Waals surface area contributed by atoms with Gasteiger partial charge in [-0.1, -0.05) is 11.6 Å². The van der Waals surface area contributed by atoms with Gasteiger partial charge in [0.2, 0.25) is 16.0 Å². The van der Waals surface area contributed by atoms with Gasteiger partial charge in [-0.25, -0.2) is 18.5 Å². The average Bonchev–Trinajstić information content (AvgIpc) is 1.92. The molecule has 0 amide bonds. The van der Waals surface area contributed by atoms with Crippen molar-refractivity contribution in [2.45, 2.75) is 4.90 Å². The molecule has 0 unspecified atom stereocenters. The summed E-state index contributed by atoms with van der Waals surface area (Å²) in [4.78, 5) is 2.39. The van der Waals surface area contributed by atoms with Crippen molar-refractivity contribution in [1.82, 2.24) is 4.98 Å². The van der Waals surface area contributed by atoms with E-state index < -0.39 is 20.9 Å². The second-order valence-electron chi connectivity index (χ2n) is 1.99. The van der Waals surface area contributed by atoms with Gasteiger partial charge in [-0.3, -0.25) is 0 Å². The predicted molar refractivity (Wildman–Crippen MR) is 40.6 cm³/mol. The minimum atomic E-state index is -4.08. The zero-order chi connectivity index (χ0) is 9.35. The highest BCUT2D eigenvalue weighted by Crippen LogP contribution is 2.15. The maximum Gasteiger partial charge on any atom is 0.242 e. The van der Waals surface area contributed by atoms with E-state index >= 15 is 0 Å². The van der Waals surface area contributed by atoms with Crippen LogP contribution in [0, 0.1) is 5.95 Å². The summed E-state index contributed by atoms with van der Waals surface area (Å²) in [5, 5.41) is 4.67. The molecule has 0 aliphatic rings. The van der Waals surface area contributed by atoms with Crippen LogP contribution in [-0.2, 0) is 10.0 Å². The van der Waals surface area contributed by atoms with Crippen molar-refractivity contribution in [1.29, 1.82) is 0 Å². The first-order chi connectivity index (χ1) is 5.41. The monoisotopic (exact) mass is 210 g/mol. The van der Waals surface area contributed by atoms with Crippen LogP contribution in [0.15, 0.2) is 17.2 Å². The summed E-state index contributed by atoms with van der Waals surface area (Å²) < 4.78 is 33.9. The average molecular weight is 211 g/mol. The van der Waals surface area contributed by atoms with Gasteiger partial charge in [0.25, 0.3) is 0 Å². The SMILES string of the molecule is NS(=O)(=O)c1cc(Cl)cnc1F. The third kappa shape index (κ3) is 1.90. The summed E-state index contributed by atoms with van der Waals surface area (Å²) in [5.41, 5.74) is 0. The maximum atomic E-state index is 12.6. The molecular weight excluding hydrogens is 207 g/mol. The first kappa shape index (κ1) is 9.37. The van der Waals surface area contributed by atoms with Gasteiger partial charge < -0.3 is 0 Å². The highest BCUT2D eigenvalue weighted by atomic mass is 35.5. The van der Waals surface area contributed by atoms with E-state index in [-0.39, 0.29) is 5.02 Å². The van der Waals surface area contributed by atoms with Crippen molar-refractivity contribution in [2.24, 2.45) is 5.14 Å². The van der Waals surface area contributed by atoms with Gasteiger partial charge in [0.1, 0.15) is 4.90 Å². The number of sulfonamides is 1. The minimum absolute atomic E-state index is 0.0143. The number of rotatable bonds is 1. The fourth-order valence-electron chi connectivity index (χ4n) is 0.604. The number of primary sulfonamides is 1. The van der Waals surface area contributed by atoms with E-state index in [1.807, 2.05) is 0 Å². The smallest absolute Gasteiger partial charge is 0.226 e. The topological polar surface area (TPSA) is 73.1 Å². The Morgan fingerprint density at radius 3 is 2.58 bits per heavy atom. The van der Waals surface area contributed by atoms with E-state index in [0.717, 1.165) is 12.3 Å². The van der Waals surface area contributed by atoms with Crippen LogP contribution in [0.25, 0.3) is 0 Å². The molecule has 12 heavy (non-hydrogen) atoms. The lowest BCUT2D eigenvalue weighted by Gasteiger charge is -1.98. The van der Waals surface area contributed by atoms with Crippen LogP contribution in [-0.4, -0.2) is 13.4 Å². The number of pyridine rings is 1. The predicted octanol–water partition coefficient (Wildman–Crippen LogP) is 0.522. The summed E-state index contributed by atoms with van der Waals surface area (Å²) in [7, 11) is -4.08. The molecule has 1 aromatic heterocycles. The van der Waals surface area contributed by atoms with Gasteiger partial charge in [0.05, 0.1) is 5.02 Å². The van der Waals surface area contributed by atoms with Crippen LogP contribution in [0.2, 0.25) is 5.02 Å². The van der Waals surface area contributed by atoms with Crippen molar-refractivity contribution < 1.29 is 12.8 Å². The lowest BCUT2D eigenvalue weighted by molar-refractivity contribution is 0.539. The molecule has 0 saturated heterocycles. The van der Waals surface area contributed by atoms with Crippen molar-refractivity contribution in [3.8, 4) is 0 Å². The number of nitrogens with two attached hydrogens (primary N) is 1. The van der Waals surface area contributed by atoms with Crippen LogP contribution in [0.4, 0.5) is 4.39 Å². The van der Waals surface area contributed by atoms with Gasteiger partial charge in [-0.2, -0.15) is 4.39 Å². The van der Waals surface area contributed by atoms with Crippen LogP contribution >= 0.6 is 11.6 Å². The summed E-state index contributed by atoms with van der Waals surface area (Å²) in [5.74, 6) is -1.15. The Balaban J connectivity index is 3.43. The Hall–Kier alpha value is -0.720. The zero-order valence-electron chi connectivity index (χ0n) is 5.66. The van der Waals surface area contributed by atoms with E-state index in [2.05, 4.69) is 10.1 Å². The van der Waals surface area contributed by atoms with Gasteiger partial charge >= 0.3 is 0 Å². The molecule has 0 bridgehead atoms. The molecule has 0 aliphatic heterocycles. The normalized spacial score (nSPS) is 11.6. The highest BCUT2D eigenvalue weighted by molar-refractivity contribution is 7.89. The Morgan fingerprint density at radius 1 is 1.58 bits per heavy atom. The summed E-state index contributed by atoms with van der Waals surface area (Å²) in [6, 6.07) is 0.902. The Labute approximate surface area is 73.2 Å². The number of nitrogens with zero attached hydrogens (tertiary/aromatic N) is 1. The molecule has 2 N–H and O–H groups in total. The third-order valence-electron chi connectivity index (χ3n) is 1.08. The second-order valence-corrected chi connectivity index (χ2v) is 3.95.